The largest absolute Gasteiger partial charge is 0.573 e. The van der Waals surface area contributed by atoms with Crippen molar-refractivity contribution in [3.05, 3.63) is 84.8 Å². The highest BCUT2D eigenvalue weighted by atomic mass is 19.4. The van der Waals surface area contributed by atoms with E-state index in [2.05, 4.69) is 14.7 Å². The van der Waals surface area contributed by atoms with Gasteiger partial charge in [-0.15, -0.1) is 13.2 Å². The summed E-state index contributed by atoms with van der Waals surface area (Å²) in [7, 11) is 0. The molecular weight excluding hydrogens is 475 g/mol. The lowest BCUT2D eigenvalue weighted by atomic mass is 10.0. The van der Waals surface area contributed by atoms with Crippen LogP contribution in [0.4, 0.5) is 13.2 Å². The summed E-state index contributed by atoms with van der Waals surface area (Å²) in [5, 5.41) is 11.4. The van der Waals surface area contributed by atoms with Gasteiger partial charge in [-0.3, -0.25) is 9.97 Å². The van der Waals surface area contributed by atoms with Gasteiger partial charge in [-0.05, 0) is 48.5 Å². The van der Waals surface area contributed by atoms with Gasteiger partial charge in [-0.1, -0.05) is 18.2 Å². The molecule has 0 spiro atoms. The van der Waals surface area contributed by atoms with Crippen LogP contribution < -0.4 is 9.47 Å². The lowest BCUT2D eigenvalue weighted by molar-refractivity contribution is -0.274. The van der Waals surface area contributed by atoms with Gasteiger partial charge in [0.25, 0.3) is 0 Å². The second-order valence-corrected chi connectivity index (χ2v) is 7.82. The topological polar surface area (TPSA) is 86.5 Å². The fourth-order valence-corrected chi connectivity index (χ4v) is 4.11. The number of hydrogen-bond acceptors (Lipinski definition) is 5. The smallest absolute Gasteiger partial charge is 0.492 e. The number of carboxylic acid groups (broad SMARTS) is 1. The quantitative estimate of drug-likeness (QED) is 0.303. The third-order valence-electron chi connectivity index (χ3n) is 5.59. The van der Waals surface area contributed by atoms with Gasteiger partial charge in [-0.2, -0.15) is 0 Å². The molecule has 5 rings (SSSR count). The van der Waals surface area contributed by atoms with E-state index >= 15 is 0 Å². The summed E-state index contributed by atoms with van der Waals surface area (Å²) in [6.45, 7) is 0.270. The monoisotopic (exact) mass is 493 g/mol. The van der Waals surface area contributed by atoms with Gasteiger partial charge in [0.05, 0.1) is 23.3 Å². The highest BCUT2D eigenvalue weighted by molar-refractivity contribution is 6.05. The molecule has 0 aliphatic rings. The van der Waals surface area contributed by atoms with Crippen molar-refractivity contribution in [3.63, 3.8) is 0 Å². The Bertz CT molecular complexity index is 1560. The summed E-state index contributed by atoms with van der Waals surface area (Å²) in [5.41, 5.74) is 2.99. The maximum absolute atomic E-state index is 12.3. The van der Waals surface area contributed by atoms with Crippen LogP contribution in [0.3, 0.4) is 0 Å². The molecule has 0 saturated heterocycles. The molecule has 0 bridgehead atoms. The highest BCUT2D eigenvalue weighted by Gasteiger charge is 2.31. The van der Waals surface area contributed by atoms with Crippen molar-refractivity contribution < 1.29 is 32.5 Å². The fraction of sp³-hybridized carbons (Fsp3) is 0.115. The molecule has 10 heteroatoms. The predicted octanol–water partition coefficient (Wildman–Crippen LogP) is 5.93. The molecule has 0 unspecified atom stereocenters. The van der Waals surface area contributed by atoms with Crippen LogP contribution >= 0.6 is 0 Å². The summed E-state index contributed by atoms with van der Waals surface area (Å²) in [6, 6.07) is 17.8. The molecule has 3 aromatic heterocycles. The number of benzene rings is 2. The lowest BCUT2D eigenvalue weighted by Gasteiger charge is -2.12. The molecule has 0 fully saturated rings. The number of ether oxygens (including phenoxy) is 2. The zero-order chi connectivity index (χ0) is 25.3. The first kappa shape index (κ1) is 23.2. The Hall–Kier alpha value is -4.60. The maximum atomic E-state index is 12.3. The number of nitrogens with zero attached hydrogens (tertiary/aromatic N) is 3. The minimum absolute atomic E-state index is 0.0649. The number of rotatable bonds is 7. The standard InChI is InChI=1S/C26H18F3N3O4/c27-26(28,29)36-17-7-5-16(6-8-17)35-14-13-32-22-10-12-31-24(20(22)15-23(32)25(33)34)19-9-11-30-21-4-2-1-3-18(19)21/h1-12,15H,13-14H2,(H,33,34). The van der Waals surface area contributed by atoms with Crippen molar-refractivity contribution in [2.45, 2.75) is 12.9 Å². The molecule has 0 aliphatic heterocycles. The van der Waals surface area contributed by atoms with Crippen LogP contribution in [-0.4, -0.2) is 38.6 Å². The highest BCUT2D eigenvalue weighted by Crippen LogP contribution is 2.33. The van der Waals surface area contributed by atoms with Crippen molar-refractivity contribution in [1.82, 2.24) is 14.5 Å². The molecule has 0 saturated carbocycles. The Labute approximate surface area is 202 Å². The molecule has 0 radical (unpaired) electrons. The Kier molecular flexibility index (Phi) is 5.93. The number of fused-ring (bicyclic) bond motifs is 2. The second-order valence-electron chi connectivity index (χ2n) is 7.82. The summed E-state index contributed by atoms with van der Waals surface area (Å²) in [5.74, 6) is -1.14. The van der Waals surface area contributed by atoms with Crippen LogP contribution in [0, 0.1) is 0 Å². The van der Waals surface area contributed by atoms with Crippen LogP contribution in [0.5, 0.6) is 11.5 Å². The molecule has 1 N–H and O–H groups in total. The summed E-state index contributed by atoms with van der Waals surface area (Å²) in [6.07, 6.45) is -1.47. The third kappa shape index (κ3) is 4.65. The molecule has 36 heavy (non-hydrogen) atoms. The maximum Gasteiger partial charge on any atom is 0.573 e. The first-order valence-corrected chi connectivity index (χ1v) is 10.8. The molecule has 3 heterocycles. The second kappa shape index (κ2) is 9.21. The summed E-state index contributed by atoms with van der Waals surface area (Å²) < 4.78 is 48.1. The van der Waals surface area contributed by atoms with Gasteiger partial charge < -0.3 is 19.1 Å². The van der Waals surface area contributed by atoms with Crippen LogP contribution in [0.15, 0.2) is 79.1 Å². The van der Waals surface area contributed by atoms with E-state index in [4.69, 9.17) is 4.74 Å². The van der Waals surface area contributed by atoms with Gasteiger partial charge in [0.1, 0.15) is 23.8 Å². The molecular formula is C26H18F3N3O4. The van der Waals surface area contributed by atoms with E-state index in [1.165, 1.54) is 12.1 Å². The molecule has 0 atom stereocenters. The minimum atomic E-state index is -4.78. The average molecular weight is 493 g/mol. The van der Waals surface area contributed by atoms with Crippen molar-refractivity contribution in [2.75, 3.05) is 6.61 Å². The first-order chi connectivity index (χ1) is 17.3. The number of pyridine rings is 2. The zero-order valence-electron chi connectivity index (χ0n) is 18.6. The van der Waals surface area contributed by atoms with E-state index in [0.717, 1.165) is 28.6 Å². The number of hydrogen-bond donors (Lipinski definition) is 1. The third-order valence-corrected chi connectivity index (χ3v) is 5.59. The van der Waals surface area contributed by atoms with E-state index < -0.39 is 12.3 Å². The minimum Gasteiger partial charge on any atom is -0.492 e. The van der Waals surface area contributed by atoms with Gasteiger partial charge in [-0.25, -0.2) is 4.79 Å². The summed E-state index contributed by atoms with van der Waals surface area (Å²) >= 11 is 0. The Balaban J connectivity index is 1.44. The molecule has 0 amide bonds. The predicted molar refractivity (Wildman–Crippen MR) is 126 cm³/mol. The molecule has 2 aromatic carbocycles. The van der Waals surface area contributed by atoms with Crippen LogP contribution in [0.25, 0.3) is 33.1 Å². The molecule has 7 nitrogen and oxygen atoms in total. The number of aromatic nitrogens is 3. The van der Waals surface area contributed by atoms with Gasteiger partial charge in [0, 0.05) is 28.7 Å². The number of halogens is 3. The Morgan fingerprint density at radius 3 is 2.39 bits per heavy atom. The van der Waals surface area contributed by atoms with E-state index in [1.54, 1.807) is 29.1 Å². The van der Waals surface area contributed by atoms with Crippen LogP contribution in [0.2, 0.25) is 0 Å². The number of carboxylic acids is 1. The van der Waals surface area contributed by atoms with Crippen LogP contribution in [-0.2, 0) is 6.54 Å². The van der Waals surface area contributed by atoms with E-state index in [9.17, 15) is 23.1 Å². The molecule has 182 valence electrons. The van der Waals surface area contributed by atoms with E-state index in [-0.39, 0.29) is 24.6 Å². The number of para-hydroxylation sites is 1. The lowest BCUT2D eigenvalue weighted by Crippen LogP contribution is -2.17. The van der Waals surface area contributed by atoms with Gasteiger partial charge in [0.15, 0.2) is 0 Å². The fourth-order valence-electron chi connectivity index (χ4n) is 4.11. The van der Waals surface area contributed by atoms with Crippen molar-refractivity contribution >= 4 is 27.8 Å². The van der Waals surface area contributed by atoms with Gasteiger partial charge in [0.2, 0.25) is 0 Å². The Morgan fingerprint density at radius 1 is 0.917 bits per heavy atom. The zero-order valence-corrected chi connectivity index (χ0v) is 18.6. The molecule has 0 aliphatic carbocycles. The van der Waals surface area contributed by atoms with Crippen molar-refractivity contribution in [3.8, 4) is 22.8 Å². The van der Waals surface area contributed by atoms with E-state index in [0.29, 0.717) is 22.3 Å². The number of carbonyl (C=O) groups is 1. The van der Waals surface area contributed by atoms with E-state index in [1.807, 2.05) is 30.3 Å². The van der Waals surface area contributed by atoms with Crippen molar-refractivity contribution in [1.29, 1.82) is 0 Å². The molecule has 5 aromatic rings. The van der Waals surface area contributed by atoms with Gasteiger partial charge >= 0.3 is 12.3 Å². The normalized spacial score (nSPS) is 11.6. The van der Waals surface area contributed by atoms with Crippen molar-refractivity contribution in [2.24, 2.45) is 0 Å². The average Bonchev–Trinajstić information content (AvgIpc) is 3.23. The van der Waals surface area contributed by atoms with Crippen LogP contribution in [0.1, 0.15) is 10.5 Å². The number of alkyl halides is 3. The number of aromatic carboxylic acids is 1. The Morgan fingerprint density at radius 2 is 1.64 bits per heavy atom. The SMILES string of the molecule is O=C(O)c1cc2c(-c3ccnc4ccccc34)nccc2n1CCOc1ccc(OC(F)(F)F)cc1. The first-order valence-electron chi connectivity index (χ1n) is 10.8. The summed E-state index contributed by atoms with van der Waals surface area (Å²) in [4.78, 5) is 21.0.